The van der Waals surface area contributed by atoms with Crippen LogP contribution < -0.4 is 0 Å². The number of benzene rings is 2. The minimum Gasteiger partial charge on any atom is -0.372 e. The third-order valence-electron chi connectivity index (χ3n) is 7.66. The second-order valence-corrected chi connectivity index (χ2v) is 11.5. The number of fused-ring (bicyclic) bond motifs is 1. The molecule has 2 aromatic carbocycles. The van der Waals surface area contributed by atoms with Crippen LogP contribution >= 0.6 is 0 Å². The summed E-state index contributed by atoms with van der Waals surface area (Å²) in [5.41, 5.74) is 3.99. The molecular weight excluding hydrogens is 496 g/mol. The first-order valence-electron chi connectivity index (χ1n) is 13.4. The molecule has 1 fully saturated rings. The summed E-state index contributed by atoms with van der Waals surface area (Å²) in [6.07, 6.45) is 2.94. The van der Waals surface area contributed by atoms with Gasteiger partial charge >= 0.3 is 0 Å². The number of hydrogen-bond acceptors (Lipinski definition) is 6. The van der Waals surface area contributed by atoms with Crippen LogP contribution in [0.1, 0.15) is 82.4 Å². The molecule has 2 aliphatic rings. The number of carbonyl (C=O) groups excluding carboxylic acids is 2. The number of hydrogen-bond donors (Lipinski definition) is 0. The molecule has 1 unspecified atom stereocenters. The highest BCUT2D eigenvalue weighted by Crippen LogP contribution is 2.42. The molecule has 1 aromatic heterocycles. The molecule has 39 heavy (non-hydrogen) atoms. The first-order chi connectivity index (χ1) is 18.5. The molecule has 5 rings (SSSR count). The number of rotatable bonds is 7. The first-order valence-corrected chi connectivity index (χ1v) is 13.4. The summed E-state index contributed by atoms with van der Waals surface area (Å²) in [4.78, 5) is 39.8. The Kier molecular flexibility index (Phi) is 7.11. The van der Waals surface area contributed by atoms with E-state index in [-0.39, 0.29) is 40.1 Å². The molecule has 204 valence electrons. The van der Waals surface area contributed by atoms with Gasteiger partial charge in [-0.1, -0.05) is 43.7 Å². The van der Waals surface area contributed by atoms with Gasteiger partial charge in [0.05, 0.1) is 16.2 Å². The largest absolute Gasteiger partial charge is 0.372 e. The van der Waals surface area contributed by atoms with Gasteiger partial charge in [0.2, 0.25) is 0 Å². The Labute approximate surface area is 227 Å². The van der Waals surface area contributed by atoms with E-state index in [1.165, 1.54) is 11.6 Å². The van der Waals surface area contributed by atoms with Gasteiger partial charge in [-0.05, 0) is 55.7 Å². The van der Waals surface area contributed by atoms with E-state index < -0.39 is 4.92 Å². The fraction of sp³-hybridized carbons (Fsp3) is 0.433. The number of nitro groups is 1. The van der Waals surface area contributed by atoms with Crippen LogP contribution in [-0.4, -0.2) is 51.5 Å². The molecule has 1 atom stereocenters. The van der Waals surface area contributed by atoms with E-state index in [1.807, 2.05) is 45.0 Å². The van der Waals surface area contributed by atoms with Crippen molar-refractivity contribution in [1.29, 1.82) is 0 Å². The van der Waals surface area contributed by atoms with Crippen molar-refractivity contribution in [2.24, 2.45) is 5.41 Å². The number of nitro benzene ring substituents is 1. The molecule has 0 saturated carbocycles. The fourth-order valence-electron chi connectivity index (χ4n) is 5.55. The maximum atomic E-state index is 13.2. The van der Waals surface area contributed by atoms with E-state index in [0.717, 1.165) is 18.4 Å². The van der Waals surface area contributed by atoms with E-state index in [9.17, 15) is 19.7 Å². The number of aromatic nitrogens is 2. The molecule has 2 heterocycles. The van der Waals surface area contributed by atoms with Gasteiger partial charge in [0.15, 0.2) is 5.78 Å². The van der Waals surface area contributed by atoms with Crippen molar-refractivity contribution in [2.75, 3.05) is 20.2 Å². The second kappa shape index (κ2) is 10.4. The smallest absolute Gasteiger partial charge is 0.295 e. The second-order valence-electron chi connectivity index (χ2n) is 11.5. The quantitative estimate of drug-likeness (QED) is 0.299. The Bertz CT molecular complexity index is 1430. The Balaban J connectivity index is 1.48. The average molecular weight is 531 g/mol. The third kappa shape index (κ3) is 5.36. The lowest BCUT2D eigenvalue weighted by molar-refractivity contribution is -0.384. The van der Waals surface area contributed by atoms with Crippen molar-refractivity contribution < 1.29 is 19.2 Å². The lowest BCUT2D eigenvalue weighted by Crippen LogP contribution is -2.29. The zero-order valence-corrected chi connectivity index (χ0v) is 22.9. The number of nitrogens with zero attached hydrogens (tertiary/aromatic N) is 4. The van der Waals surface area contributed by atoms with Gasteiger partial charge in [-0.25, -0.2) is 4.68 Å². The van der Waals surface area contributed by atoms with Crippen LogP contribution in [0.2, 0.25) is 0 Å². The molecule has 1 aliphatic carbocycles. The zero-order chi connectivity index (χ0) is 27.9. The maximum Gasteiger partial charge on any atom is 0.295 e. The van der Waals surface area contributed by atoms with E-state index >= 15 is 0 Å². The van der Waals surface area contributed by atoms with Crippen molar-refractivity contribution in [3.8, 4) is 5.69 Å². The Hall–Kier alpha value is -3.85. The van der Waals surface area contributed by atoms with Crippen molar-refractivity contribution in [1.82, 2.24) is 14.7 Å². The first kappa shape index (κ1) is 26.7. The summed E-state index contributed by atoms with van der Waals surface area (Å²) < 4.78 is 7.40. The Morgan fingerprint density at radius 3 is 2.62 bits per heavy atom. The molecule has 9 nitrogen and oxygen atoms in total. The Morgan fingerprint density at radius 1 is 1.21 bits per heavy atom. The normalized spacial score (nSPS) is 18.2. The van der Waals surface area contributed by atoms with E-state index in [0.29, 0.717) is 49.4 Å². The number of amides is 1. The highest BCUT2D eigenvalue weighted by Gasteiger charge is 2.40. The van der Waals surface area contributed by atoms with Gasteiger partial charge < -0.3 is 9.64 Å². The van der Waals surface area contributed by atoms with Gasteiger partial charge in [0, 0.05) is 38.2 Å². The van der Waals surface area contributed by atoms with Gasteiger partial charge in [-0.3, -0.25) is 19.7 Å². The van der Waals surface area contributed by atoms with Crippen molar-refractivity contribution in [2.45, 2.75) is 59.0 Å². The number of aryl methyl sites for hydroxylation is 1. The third-order valence-corrected chi connectivity index (χ3v) is 7.66. The van der Waals surface area contributed by atoms with Crippen LogP contribution in [0.3, 0.4) is 0 Å². The molecule has 0 radical (unpaired) electrons. The predicted molar refractivity (Wildman–Crippen MR) is 146 cm³/mol. The molecule has 1 saturated heterocycles. The minimum absolute atomic E-state index is 0.0114. The lowest BCUT2D eigenvalue weighted by atomic mass is 9.75. The van der Waals surface area contributed by atoms with Crippen LogP contribution in [0.25, 0.3) is 5.69 Å². The number of carbonyl (C=O) groups is 2. The molecule has 0 bridgehead atoms. The summed E-state index contributed by atoms with van der Waals surface area (Å²) in [5.74, 6) is -0.307. The summed E-state index contributed by atoms with van der Waals surface area (Å²) >= 11 is 0. The molecular formula is C30H34N4O5. The lowest BCUT2D eigenvalue weighted by Gasteiger charge is -2.29. The van der Waals surface area contributed by atoms with Gasteiger partial charge in [-0.2, -0.15) is 5.10 Å². The van der Waals surface area contributed by atoms with E-state index in [4.69, 9.17) is 9.84 Å². The zero-order valence-electron chi connectivity index (χ0n) is 22.9. The minimum atomic E-state index is -0.492. The van der Waals surface area contributed by atoms with Crippen molar-refractivity contribution in [3.63, 3.8) is 0 Å². The molecule has 0 spiro atoms. The van der Waals surface area contributed by atoms with Crippen molar-refractivity contribution >= 4 is 17.4 Å². The molecule has 3 aromatic rings. The topological polar surface area (TPSA) is 108 Å². The number of ketones is 1. The van der Waals surface area contributed by atoms with Crippen LogP contribution in [0.4, 0.5) is 5.69 Å². The summed E-state index contributed by atoms with van der Waals surface area (Å²) in [6.45, 7) is 7.13. The summed E-state index contributed by atoms with van der Waals surface area (Å²) in [6, 6.07) is 12.6. The van der Waals surface area contributed by atoms with Crippen LogP contribution in [0, 0.1) is 22.5 Å². The fourth-order valence-corrected chi connectivity index (χ4v) is 5.55. The SMILES string of the molecule is Cc1ccc(CCN(C)C(=O)c2ccc(-n3nc(C4CCCO4)c4c3CC(C)(C)CC4=O)c([N+](=O)[O-])c2)cc1. The van der Waals surface area contributed by atoms with Crippen LogP contribution in [0.5, 0.6) is 0 Å². The van der Waals surface area contributed by atoms with E-state index in [1.54, 1.807) is 28.8 Å². The number of Topliss-reactive ketones (excluding diaryl/α,β-unsaturated/α-hetero) is 1. The van der Waals surface area contributed by atoms with Gasteiger partial charge in [0.25, 0.3) is 11.6 Å². The van der Waals surface area contributed by atoms with Gasteiger partial charge in [-0.15, -0.1) is 0 Å². The van der Waals surface area contributed by atoms with Gasteiger partial charge in [0.1, 0.15) is 17.5 Å². The summed E-state index contributed by atoms with van der Waals surface area (Å²) in [5, 5.41) is 17.0. The molecule has 0 N–H and O–H groups in total. The average Bonchev–Trinajstić information content (AvgIpc) is 3.55. The molecule has 9 heteroatoms. The van der Waals surface area contributed by atoms with E-state index in [2.05, 4.69) is 0 Å². The monoisotopic (exact) mass is 530 g/mol. The number of ether oxygens (including phenoxy) is 1. The van der Waals surface area contributed by atoms with Crippen molar-refractivity contribution in [3.05, 3.63) is 86.2 Å². The summed E-state index contributed by atoms with van der Waals surface area (Å²) in [7, 11) is 1.70. The highest BCUT2D eigenvalue weighted by molar-refractivity contribution is 6.00. The standard InChI is InChI=1S/C30H34N4O5/c1-19-7-9-20(10-8-19)13-14-32(4)29(36)21-11-12-22(23(16-21)34(37)38)33-24-17-30(2,3)18-25(35)27(24)28(31-33)26-6-5-15-39-26/h7-12,16,26H,5-6,13-15,17-18H2,1-4H3. The van der Waals surface area contributed by atoms with Crippen LogP contribution in [-0.2, 0) is 17.6 Å². The Morgan fingerprint density at radius 2 is 1.95 bits per heavy atom. The predicted octanol–water partition coefficient (Wildman–Crippen LogP) is 5.41. The maximum absolute atomic E-state index is 13.2. The molecule has 1 amide bonds. The number of likely N-dealkylation sites (N-methyl/N-ethyl adjacent to an activating group) is 1. The molecule has 1 aliphatic heterocycles. The highest BCUT2D eigenvalue weighted by atomic mass is 16.6. The van der Waals surface area contributed by atoms with Crippen LogP contribution in [0.15, 0.2) is 42.5 Å².